The fourth-order valence-corrected chi connectivity index (χ4v) is 13.7. The van der Waals surface area contributed by atoms with Crippen molar-refractivity contribution in [1.82, 2.24) is 0 Å². The molecule has 0 radical (unpaired) electrons. The molecule has 4 N–H and O–H groups in total. The van der Waals surface area contributed by atoms with E-state index in [1.54, 1.807) is 0 Å². The Morgan fingerprint density at radius 2 is 0.420 bits per heavy atom. The zero-order valence-electron chi connectivity index (χ0n) is 74.5. The number of hydrogen-bond acceptors (Lipinski definition) is 14. The number of allylic oxidation sites excluding steroid dienone is 34. The number of esters is 3. The van der Waals surface area contributed by atoms with Crippen molar-refractivity contribution in [2.24, 2.45) is 0 Å². The number of ether oxygens (including phenoxy) is 3. The Balaban J connectivity index is 4.63. The van der Waals surface area contributed by atoms with Gasteiger partial charge in [0.05, 0.1) is 26.4 Å². The maximum atomic E-state index is 13.1. The van der Waals surface area contributed by atoms with Crippen molar-refractivity contribution in [3.8, 4) is 0 Å². The van der Waals surface area contributed by atoms with Crippen molar-refractivity contribution < 1.29 is 75.8 Å². The van der Waals surface area contributed by atoms with Crippen LogP contribution < -0.4 is 0 Å². The monoisotopic (exact) mass is 1700 g/mol. The first kappa shape index (κ1) is 113. The second-order valence-corrected chi connectivity index (χ2v) is 33.2. The minimum atomic E-state index is -4.95. The molecule has 0 aliphatic heterocycles. The first-order valence-corrected chi connectivity index (χ1v) is 49.4. The number of hydrogen-bond donors (Lipinski definition) is 4. The second kappa shape index (κ2) is 91.3. The van der Waals surface area contributed by atoms with E-state index in [9.17, 15) is 43.5 Å². The lowest BCUT2D eigenvalue weighted by Crippen LogP contribution is -2.30. The Labute approximate surface area is 724 Å². The van der Waals surface area contributed by atoms with Crippen LogP contribution in [0.15, 0.2) is 207 Å². The zero-order valence-corrected chi connectivity index (χ0v) is 76.2. The fraction of sp³-hybridized carbons (Fsp3) is 0.634. The molecule has 0 spiro atoms. The van der Waals surface area contributed by atoms with Gasteiger partial charge in [0.15, 0.2) is 6.10 Å². The number of aliphatic hydroxyl groups is 2. The van der Waals surface area contributed by atoms with E-state index in [4.69, 9.17) is 32.3 Å². The normalized spacial score (nSPS) is 14.7. The first-order chi connectivity index (χ1) is 58.2. The number of carbonyl (C=O) groups excluding carboxylic acids is 3. The average molecular weight is 1700 g/mol. The van der Waals surface area contributed by atoms with Crippen molar-refractivity contribution in [2.45, 2.75) is 373 Å². The molecular weight excluding hydrogens is 1530 g/mol. The van der Waals surface area contributed by atoms with Crippen molar-refractivity contribution >= 4 is 33.6 Å². The molecule has 0 aromatic heterocycles. The lowest BCUT2D eigenvalue weighted by Gasteiger charge is -2.21. The third-order valence-electron chi connectivity index (χ3n) is 19.0. The highest BCUT2D eigenvalue weighted by atomic mass is 31.2. The molecular formula is C101H166O16P2. The summed E-state index contributed by atoms with van der Waals surface area (Å²) in [7, 11) is -9.83. The summed E-state index contributed by atoms with van der Waals surface area (Å²) in [6, 6.07) is 0. The summed E-state index contributed by atoms with van der Waals surface area (Å²) in [5.74, 6) is -1.60. The molecule has 0 amide bonds. The van der Waals surface area contributed by atoms with E-state index in [1.165, 1.54) is 70.6 Å². The number of aliphatic hydroxyl groups excluding tert-OH is 2. The van der Waals surface area contributed by atoms with Gasteiger partial charge in [-0.25, -0.2) is 9.13 Å². The summed E-state index contributed by atoms with van der Waals surface area (Å²) in [6.45, 7) is 2.34. The van der Waals surface area contributed by atoms with Gasteiger partial charge in [-0.3, -0.25) is 32.5 Å². The van der Waals surface area contributed by atoms with Gasteiger partial charge in [0.2, 0.25) is 0 Å². The van der Waals surface area contributed by atoms with Gasteiger partial charge in [-0.15, -0.1) is 0 Å². The van der Waals surface area contributed by atoms with E-state index in [-0.39, 0.29) is 19.3 Å². The van der Waals surface area contributed by atoms with Gasteiger partial charge in [0.25, 0.3) is 0 Å². The number of phosphoric ester groups is 2. The average Bonchev–Trinajstić information content (AvgIpc) is 0.911. The summed E-state index contributed by atoms with van der Waals surface area (Å²) in [6.07, 6.45) is 123. The van der Waals surface area contributed by atoms with Crippen LogP contribution in [0.1, 0.15) is 355 Å². The fourth-order valence-electron chi connectivity index (χ4n) is 12.1. The number of carbonyl (C=O) groups is 3. The summed E-state index contributed by atoms with van der Waals surface area (Å²) in [5.41, 5.74) is 0. The molecule has 119 heavy (non-hydrogen) atoms. The smallest absolute Gasteiger partial charge is 0.463 e. The van der Waals surface area contributed by atoms with Gasteiger partial charge in [-0.2, -0.15) is 0 Å². The SMILES string of the molecule is CC/C=C\C/C=C\C/C=C\C/C=C\C/C=C\C/C=C\CCCCCCCCCCCCCCCCC(=O)OCC(O)COP(=O)(O)OCC(O)COP(=O)(O)OCC(COC(=O)CCCCCCCCCC/C=C\C/C=C\C/C=C\C/C=C\C/C=C\C/C=C\CC)OC(=O)CCCCCCCCC/C=C\C/C=C\C/C=C\C/C=C\C/C=C\CC. The van der Waals surface area contributed by atoms with Crippen LogP contribution in [0.5, 0.6) is 0 Å². The predicted molar refractivity (Wildman–Crippen MR) is 500 cm³/mol. The van der Waals surface area contributed by atoms with Crippen LogP contribution in [0, 0.1) is 0 Å². The second-order valence-electron chi connectivity index (χ2n) is 30.3. The van der Waals surface area contributed by atoms with Gasteiger partial charge in [-0.1, -0.05) is 375 Å². The van der Waals surface area contributed by atoms with Crippen LogP contribution >= 0.6 is 15.6 Å². The molecule has 16 nitrogen and oxygen atoms in total. The summed E-state index contributed by atoms with van der Waals surface area (Å²) in [5, 5.41) is 20.7. The van der Waals surface area contributed by atoms with Crippen LogP contribution in [0.3, 0.4) is 0 Å². The van der Waals surface area contributed by atoms with Crippen LogP contribution in [-0.4, -0.2) is 95.9 Å². The Morgan fingerprint density at radius 3 is 0.664 bits per heavy atom. The van der Waals surface area contributed by atoms with Gasteiger partial charge in [0, 0.05) is 19.3 Å². The lowest BCUT2D eigenvalue weighted by molar-refractivity contribution is -0.161. The minimum Gasteiger partial charge on any atom is -0.463 e. The quantitative estimate of drug-likeness (QED) is 0.0146. The maximum absolute atomic E-state index is 13.1. The van der Waals surface area contributed by atoms with Crippen LogP contribution in [-0.2, 0) is 55.8 Å². The molecule has 0 aromatic carbocycles. The Hall–Kier alpha value is -5.87. The zero-order chi connectivity index (χ0) is 86.5. The van der Waals surface area contributed by atoms with Crippen molar-refractivity contribution in [3.05, 3.63) is 207 Å². The van der Waals surface area contributed by atoms with Crippen molar-refractivity contribution in [2.75, 3.05) is 39.6 Å². The molecule has 0 aliphatic carbocycles. The van der Waals surface area contributed by atoms with E-state index in [0.717, 1.165) is 225 Å². The lowest BCUT2D eigenvalue weighted by atomic mass is 10.0. The molecule has 0 aliphatic rings. The maximum Gasteiger partial charge on any atom is 0.472 e. The van der Waals surface area contributed by atoms with Gasteiger partial charge in [-0.05, 0) is 167 Å². The van der Waals surface area contributed by atoms with Crippen molar-refractivity contribution in [3.63, 3.8) is 0 Å². The van der Waals surface area contributed by atoms with Gasteiger partial charge < -0.3 is 34.2 Å². The number of unbranched alkanes of at least 4 members (excludes halogenated alkanes) is 29. The highest BCUT2D eigenvalue weighted by Crippen LogP contribution is 2.45. The third-order valence-corrected chi connectivity index (χ3v) is 20.9. The minimum absolute atomic E-state index is 0.0822. The van der Waals surface area contributed by atoms with E-state index in [1.807, 2.05) is 0 Å². The van der Waals surface area contributed by atoms with Gasteiger partial charge in [0.1, 0.15) is 25.4 Å². The summed E-state index contributed by atoms with van der Waals surface area (Å²) < 4.78 is 61.5. The summed E-state index contributed by atoms with van der Waals surface area (Å²) in [4.78, 5) is 59.0. The first-order valence-electron chi connectivity index (χ1n) is 46.4. The van der Waals surface area contributed by atoms with Crippen LogP contribution in [0.4, 0.5) is 0 Å². The molecule has 5 unspecified atom stereocenters. The van der Waals surface area contributed by atoms with Gasteiger partial charge >= 0.3 is 33.6 Å². The predicted octanol–water partition coefficient (Wildman–Crippen LogP) is 28.8. The Morgan fingerprint density at radius 1 is 0.235 bits per heavy atom. The standard InChI is InChI=1S/C101H166O16P2/c1-4-7-10-13-16-19-22-25-28-31-34-37-40-42-44-45-46-47-48-49-51-53-55-57-60-63-66-69-72-75-78-81-84-87-99(104)111-90-96(102)91-113-118(107,108)114-92-97(103)93-115-119(109,110)116-95-98(117-101(106)89-86-83-80-77-74-71-68-65-62-59-54-39-36-33-30-27-24-21-18-15-12-9-6-3)94-112-100(105)88-85-82-79-76-73-70-67-64-61-58-56-52-50-43-41-38-35-32-29-26-23-20-17-14-11-8-5-2/h7-12,16-21,25-30,34-39,42-44,46-47,50,56,58-59,62,96-98,102-103H,4-6,13-15,22-24,31-33,40-41,45,48-49,51-55,57,60-61,63-95H2,1-3H3,(H,107,108)(H,109,110)/b10-7-,11-8-,12-9-,19-16-,20-17-,21-18-,28-25-,29-26-,30-27-,37-34-,38-35-,39-36-,44-42-,47-46-,50-43-,58-56-,62-59-. The highest BCUT2D eigenvalue weighted by molar-refractivity contribution is 7.47. The molecule has 0 bridgehead atoms. The highest BCUT2D eigenvalue weighted by Gasteiger charge is 2.29. The topological polar surface area (TPSA) is 231 Å². The molecule has 0 heterocycles. The molecule has 0 fully saturated rings. The molecule has 5 atom stereocenters. The number of phosphoric acid groups is 2. The third kappa shape index (κ3) is 92.7. The van der Waals surface area contributed by atoms with E-state index in [2.05, 4.69) is 227 Å². The van der Waals surface area contributed by atoms with E-state index < -0.39 is 91.5 Å². The molecule has 0 aromatic rings. The Kier molecular flexibility index (Phi) is 86.8. The largest absolute Gasteiger partial charge is 0.472 e. The van der Waals surface area contributed by atoms with E-state index >= 15 is 0 Å². The van der Waals surface area contributed by atoms with Crippen LogP contribution in [0.25, 0.3) is 0 Å². The molecule has 0 saturated carbocycles. The molecule has 0 rings (SSSR count). The molecule has 676 valence electrons. The van der Waals surface area contributed by atoms with Crippen LogP contribution in [0.2, 0.25) is 0 Å². The molecule has 18 heteroatoms. The Bertz CT molecular complexity index is 2990. The summed E-state index contributed by atoms with van der Waals surface area (Å²) >= 11 is 0. The van der Waals surface area contributed by atoms with Crippen molar-refractivity contribution in [1.29, 1.82) is 0 Å². The van der Waals surface area contributed by atoms with E-state index in [0.29, 0.717) is 19.3 Å². The molecule has 0 saturated heterocycles. The number of rotatable bonds is 86.